The second-order valence-electron chi connectivity index (χ2n) is 14.9. The second kappa shape index (κ2) is 14.5. The van der Waals surface area contributed by atoms with Crippen LogP contribution in [0, 0.1) is 11.3 Å². The summed E-state index contributed by atoms with van der Waals surface area (Å²) in [5, 5.41) is 12.9. The number of aryl methyl sites for hydroxylation is 1. The van der Waals surface area contributed by atoms with Gasteiger partial charge in [0.2, 0.25) is 0 Å². The van der Waals surface area contributed by atoms with Crippen molar-refractivity contribution in [2.75, 3.05) is 6.61 Å². The SMILES string of the molecule is CC(C)(C)OC(=O)C(CCn1nnc2ccccc2c1=O)(CC(=O)c1noc2cc(OCCC3CCCCC3)ccc12)C(=O)OC(C)(C)C. The number of carbonyl (C=O) groups is 3. The molecule has 2 heterocycles. The van der Waals surface area contributed by atoms with Crippen molar-refractivity contribution in [2.45, 2.75) is 111 Å². The van der Waals surface area contributed by atoms with Crippen molar-refractivity contribution >= 4 is 39.6 Å². The minimum Gasteiger partial charge on any atom is -0.493 e. The smallest absolute Gasteiger partial charge is 0.324 e. The van der Waals surface area contributed by atoms with E-state index in [1.807, 2.05) is 0 Å². The van der Waals surface area contributed by atoms with Crippen LogP contribution in [0.4, 0.5) is 0 Å². The molecule has 0 aliphatic heterocycles. The van der Waals surface area contributed by atoms with Crippen LogP contribution in [0.1, 0.15) is 103 Å². The number of ketones is 1. The molecule has 0 saturated heterocycles. The summed E-state index contributed by atoms with van der Waals surface area (Å²) in [6.45, 7) is 10.3. The Labute approximate surface area is 285 Å². The Hall–Kier alpha value is -4.61. The minimum atomic E-state index is -2.17. The molecular formula is C37H46N4O8. The largest absolute Gasteiger partial charge is 0.493 e. The number of hydrogen-bond donors (Lipinski definition) is 0. The highest BCUT2D eigenvalue weighted by Crippen LogP contribution is 2.37. The first kappa shape index (κ1) is 35.7. The first-order valence-corrected chi connectivity index (χ1v) is 17.0. The van der Waals surface area contributed by atoms with Crippen LogP contribution in [-0.4, -0.2) is 55.7 Å². The molecule has 0 spiro atoms. The fourth-order valence-electron chi connectivity index (χ4n) is 6.12. The molecule has 4 aromatic rings. The molecule has 1 aliphatic rings. The van der Waals surface area contributed by atoms with Crippen molar-refractivity contribution in [3.05, 3.63) is 58.5 Å². The molecule has 1 saturated carbocycles. The van der Waals surface area contributed by atoms with Gasteiger partial charge in [0.05, 0.1) is 17.4 Å². The Kier molecular flexibility index (Phi) is 10.5. The summed E-state index contributed by atoms with van der Waals surface area (Å²) in [5.41, 5.74) is -3.97. The molecule has 0 N–H and O–H groups in total. The van der Waals surface area contributed by atoms with E-state index in [0.717, 1.165) is 11.1 Å². The van der Waals surface area contributed by atoms with Crippen LogP contribution in [0.2, 0.25) is 0 Å². The summed E-state index contributed by atoms with van der Waals surface area (Å²) in [4.78, 5) is 55.6. The van der Waals surface area contributed by atoms with Gasteiger partial charge in [-0.15, -0.1) is 5.10 Å². The molecule has 49 heavy (non-hydrogen) atoms. The van der Waals surface area contributed by atoms with Gasteiger partial charge in [0.25, 0.3) is 5.56 Å². The molecule has 1 fully saturated rings. The van der Waals surface area contributed by atoms with Crippen LogP contribution < -0.4 is 10.3 Å². The number of Topliss-reactive ketones (excluding diaryl/α,β-unsaturated/α-hetero) is 1. The van der Waals surface area contributed by atoms with Crippen molar-refractivity contribution < 1.29 is 33.1 Å². The van der Waals surface area contributed by atoms with Gasteiger partial charge in [-0.05, 0) is 84.6 Å². The highest BCUT2D eigenvalue weighted by Gasteiger charge is 2.53. The number of hydrogen-bond acceptors (Lipinski definition) is 11. The van der Waals surface area contributed by atoms with E-state index in [0.29, 0.717) is 40.1 Å². The van der Waals surface area contributed by atoms with E-state index in [2.05, 4.69) is 15.5 Å². The van der Waals surface area contributed by atoms with Crippen molar-refractivity contribution in [1.29, 1.82) is 0 Å². The number of nitrogens with zero attached hydrogens (tertiary/aromatic N) is 4. The Morgan fingerprint density at radius 1 is 0.898 bits per heavy atom. The predicted octanol–water partition coefficient (Wildman–Crippen LogP) is 6.61. The predicted molar refractivity (Wildman–Crippen MR) is 182 cm³/mol. The molecule has 2 aromatic heterocycles. The minimum absolute atomic E-state index is 0.0529. The normalized spacial score (nSPS) is 14.6. The first-order valence-electron chi connectivity index (χ1n) is 17.0. The third-order valence-corrected chi connectivity index (χ3v) is 8.65. The van der Waals surface area contributed by atoms with E-state index >= 15 is 0 Å². The van der Waals surface area contributed by atoms with Crippen molar-refractivity contribution in [2.24, 2.45) is 11.3 Å². The Morgan fingerprint density at radius 2 is 1.57 bits per heavy atom. The third kappa shape index (κ3) is 8.71. The molecular weight excluding hydrogens is 628 g/mol. The number of esters is 2. The van der Waals surface area contributed by atoms with Crippen LogP contribution in [0.15, 0.2) is 51.8 Å². The standard InChI is InChI=1S/C37H46N4O8/c1-35(2,3)47-33(44)37(34(45)48-36(4,5)6,19-20-41-32(43)26-14-10-11-15-28(26)38-40-41)23-29(42)31-27-17-16-25(22-30(27)49-39-31)46-21-18-24-12-8-7-9-13-24/h10-11,14-17,22,24H,7-9,12-13,18-21,23H2,1-6H3. The summed E-state index contributed by atoms with van der Waals surface area (Å²) >= 11 is 0. The maximum absolute atomic E-state index is 14.1. The van der Waals surface area contributed by atoms with Gasteiger partial charge in [-0.2, -0.15) is 0 Å². The monoisotopic (exact) mass is 674 g/mol. The third-order valence-electron chi connectivity index (χ3n) is 8.65. The lowest BCUT2D eigenvalue weighted by molar-refractivity contribution is -0.186. The zero-order valence-corrected chi connectivity index (χ0v) is 29.2. The zero-order valence-electron chi connectivity index (χ0n) is 29.2. The van der Waals surface area contributed by atoms with Gasteiger partial charge in [0, 0.05) is 19.0 Å². The molecule has 0 amide bonds. The van der Waals surface area contributed by atoms with E-state index in [1.165, 1.54) is 32.1 Å². The van der Waals surface area contributed by atoms with Crippen molar-refractivity contribution in [3.63, 3.8) is 0 Å². The Morgan fingerprint density at radius 3 is 2.24 bits per heavy atom. The van der Waals surface area contributed by atoms with E-state index in [1.54, 1.807) is 84.0 Å². The average molecular weight is 675 g/mol. The van der Waals surface area contributed by atoms with E-state index in [-0.39, 0.29) is 18.7 Å². The van der Waals surface area contributed by atoms with Gasteiger partial charge in [0.1, 0.15) is 22.5 Å². The fraction of sp³-hybridized carbons (Fsp3) is 0.541. The Balaban J connectivity index is 1.45. The highest BCUT2D eigenvalue weighted by molar-refractivity contribution is 6.11. The molecule has 0 radical (unpaired) electrons. The van der Waals surface area contributed by atoms with Gasteiger partial charge in [-0.1, -0.05) is 54.6 Å². The lowest BCUT2D eigenvalue weighted by atomic mass is 9.78. The zero-order chi connectivity index (χ0) is 35.4. The number of aromatic nitrogens is 4. The topological polar surface area (TPSA) is 153 Å². The summed E-state index contributed by atoms with van der Waals surface area (Å²) in [6.07, 6.45) is 6.28. The number of rotatable bonds is 12. The molecule has 5 rings (SSSR count). The molecule has 12 heteroatoms. The van der Waals surface area contributed by atoms with E-state index in [9.17, 15) is 19.2 Å². The molecule has 2 aromatic carbocycles. The molecule has 0 bridgehead atoms. The van der Waals surface area contributed by atoms with Crippen molar-refractivity contribution in [3.8, 4) is 5.75 Å². The molecule has 12 nitrogen and oxygen atoms in total. The number of fused-ring (bicyclic) bond motifs is 2. The summed E-state index contributed by atoms with van der Waals surface area (Å²) in [7, 11) is 0. The summed E-state index contributed by atoms with van der Waals surface area (Å²) in [5.74, 6) is -1.30. The number of carbonyl (C=O) groups excluding carboxylic acids is 3. The lowest BCUT2D eigenvalue weighted by Gasteiger charge is -2.34. The first-order chi connectivity index (χ1) is 23.1. The van der Waals surface area contributed by atoms with Crippen LogP contribution in [0.3, 0.4) is 0 Å². The maximum Gasteiger partial charge on any atom is 0.324 e. The van der Waals surface area contributed by atoms with Crippen molar-refractivity contribution in [1.82, 2.24) is 20.2 Å². The van der Waals surface area contributed by atoms with Gasteiger partial charge in [0.15, 0.2) is 22.5 Å². The van der Waals surface area contributed by atoms with Gasteiger partial charge >= 0.3 is 11.9 Å². The quantitative estimate of drug-likeness (QED) is 0.0906. The molecule has 0 atom stereocenters. The van der Waals surface area contributed by atoms with E-state index < -0.39 is 46.3 Å². The second-order valence-corrected chi connectivity index (χ2v) is 14.9. The van der Waals surface area contributed by atoms with Gasteiger partial charge < -0.3 is 18.7 Å². The maximum atomic E-state index is 14.1. The van der Waals surface area contributed by atoms with Crippen LogP contribution >= 0.6 is 0 Å². The van der Waals surface area contributed by atoms with Gasteiger partial charge in [-0.25, -0.2) is 4.68 Å². The Bertz CT molecular complexity index is 1850. The van der Waals surface area contributed by atoms with Gasteiger partial charge in [-0.3, -0.25) is 19.2 Å². The summed E-state index contributed by atoms with van der Waals surface area (Å²) < 4.78 is 24.1. The van der Waals surface area contributed by atoms with E-state index in [4.69, 9.17) is 18.7 Å². The molecule has 0 unspecified atom stereocenters. The van der Waals surface area contributed by atoms with Crippen LogP contribution in [0.25, 0.3) is 21.9 Å². The average Bonchev–Trinajstić information content (AvgIpc) is 3.46. The van der Waals surface area contributed by atoms with Crippen LogP contribution in [-0.2, 0) is 25.6 Å². The lowest BCUT2D eigenvalue weighted by Crippen LogP contribution is -2.49. The molecule has 262 valence electrons. The summed E-state index contributed by atoms with van der Waals surface area (Å²) in [6, 6.07) is 11.8. The number of ether oxygens (including phenoxy) is 3. The highest BCUT2D eigenvalue weighted by atomic mass is 16.6. The van der Waals surface area contributed by atoms with Crippen LogP contribution in [0.5, 0.6) is 5.75 Å². The fourth-order valence-corrected chi connectivity index (χ4v) is 6.12. The number of benzene rings is 2. The molecule has 1 aliphatic carbocycles.